The average molecular weight is 390 g/mol. The highest BCUT2D eigenvalue weighted by Crippen LogP contribution is 2.25. The predicted molar refractivity (Wildman–Crippen MR) is 87.8 cm³/mol. The standard InChI is InChI=1S/C13H16BrN3O2S2/c1-9-11(14)6-10(8-15)7-12(9)21(18,19)17-3-2-13-16-4-5-20-13/h4-7,17H,2-3,8,15H2,1H3. The molecule has 0 saturated heterocycles. The fourth-order valence-electron chi connectivity index (χ4n) is 1.85. The van der Waals surface area contributed by atoms with Crippen LogP contribution < -0.4 is 10.5 Å². The van der Waals surface area contributed by atoms with Gasteiger partial charge in [0.05, 0.1) is 9.90 Å². The molecule has 2 rings (SSSR count). The Labute approximate surface area is 136 Å². The zero-order valence-corrected chi connectivity index (χ0v) is 14.7. The highest BCUT2D eigenvalue weighted by Gasteiger charge is 2.19. The molecule has 8 heteroatoms. The van der Waals surface area contributed by atoms with Crippen LogP contribution in [0.2, 0.25) is 0 Å². The molecule has 0 bridgehead atoms. The van der Waals surface area contributed by atoms with E-state index in [4.69, 9.17) is 5.73 Å². The number of thiazole rings is 1. The van der Waals surface area contributed by atoms with Crippen LogP contribution in [0.25, 0.3) is 0 Å². The van der Waals surface area contributed by atoms with Gasteiger partial charge in [-0.15, -0.1) is 11.3 Å². The maximum absolute atomic E-state index is 12.4. The predicted octanol–water partition coefficient (Wildman–Crippen LogP) is 2.19. The highest BCUT2D eigenvalue weighted by atomic mass is 79.9. The van der Waals surface area contributed by atoms with Crippen LogP contribution in [0.15, 0.2) is 33.1 Å². The van der Waals surface area contributed by atoms with E-state index in [2.05, 4.69) is 25.6 Å². The van der Waals surface area contributed by atoms with Gasteiger partial charge in [0.15, 0.2) is 0 Å². The second kappa shape index (κ2) is 6.97. The monoisotopic (exact) mass is 389 g/mol. The van der Waals surface area contributed by atoms with Gasteiger partial charge in [0.25, 0.3) is 0 Å². The van der Waals surface area contributed by atoms with Crippen LogP contribution in [-0.4, -0.2) is 19.9 Å². The summed E-state index contributed by atoms with van der Waals surface area (Å²) in [6, 6.07) is 3.45. The van der Waals surface area contributed by atoms with E-state index in [0.717, 1.165) is 15.0 Å². The fraction of sp³-hybridized carbons (Fsp3) is 0.308. The zero-order valence-electron chi connectivity index (χ0n) is 11.5. The largest absolute Gasteiger partial charge is 0.326 e. The summed E-state index contributed by atoms with van der Waals surface area (Å²) >= 11 is 4.88. The second-order valence-corrected chi connectivity index (χ2v) is 8.05. The normalized spacial score (nSPS) is 11.8. The van der Waals surface area contributed by atoms with Gasteiger partial charge in [-0.3, -0.25) is 0 Å². The first-order chi connectivity index (χ1) is 9.94. The average Bonchev–Trinajstić information content (AvgIpc) is 2.94. The summed E-state index contributed by atoms with van der Waals surface area (Å²) in [5, 5.41) is 2.78. The molecule has 0 amide bonds. The third-order valence-corrected chi connectivity index (χ3v) is 6.25. The number of nitrogens with zero attached hydrogens (tertiary/aromatic N) is 1. The van der Waals surface area contributed by atoms with Crippen LogP contribution in [0.1, 0.15) is 16.1 Å². The molecule has 2 aromatic rings. The van der Waals surface area contributed by atoms with E-state index in [9.17, 15) is 8.42 Å². The maximum Gasteiger partial charge on any atom is 0.240 e. The van der Waals surface area contributed by atoms with Gasteiger partial charge in [0.1, 0.15) is 0 Å². The van der Waals surface area contributed by atoms with E-state index in [1.165, 1.54) is 11.3 Å². The molecule has 0 unspecified atom stereocenters. The molecule has 114 valence electrons. The van der Waals surface area contributed by atoms with Crippen molar-refractivity contribution in [2.75, 3.05) is 6.54 Å². The summed E-state index contributed by atoms with van der Waals surface area (Å²) in [5.74, 6) is 0. The van der Waals surface area contributed by atoms with Crippen molar-refractivity contribution in [2.24, 2.45) is 5.73 Å². The maximum atomic E-state index is 12.4. The number of nitrogens with two attached hydrogens (primary N) is 1. The summed E-state index contributed by atoms with van der Waals surface area (Å²) in [7, 11) is -3.56. The van der Waals surface area contributed by atoms with Crippen LogP contribution in [0.3, 0.4) is 0 Å². The number of halogens is 1. The molecule has 0 aliphatic carbocycles. The topological polar surface area (TPSA) is 85.1 Å². The summed E-state index contributed by atoms with van der Waals surface area (Å²) in [6.45, 7) is 2.38. The van der Waals surface area contributed by atoms with E-state index in [1.54, 1.807) is 19.2 Å². The van der Waals surface area contributed by atoms with Crippen molar-refractivity contribution in [3.05, 3.63) is 44.3 Å². The Morgan fingerprint density at radius 1 is 1.43 bits per heavy atom. The van der Waals surface area contributed by atoms with Gasteiger partial charge in [0.2, 0.25) is 10.0 Å². The first-order valence-electron chi connectivity index (χ1n) is 6.31. The van der Waals surface area contributed by atoms with Crippen molar-refractivity contribution in [2.45, 2.75) is 24.8 Å². The Hall–Kier alpha value is -0.800. The number of aromatic nitrogens is 1. The molecule has 3 N–H and O–H groups in total. The Kier molecular flexibility index (Phi) is 5.50. The van der Waals surface area contributed by atoms with E-state index >= 15 is 0 Å². The van der Waals surface area contributed by atoms with Crippen LogP contribution in [0.5, 0.6) is 0 Å². The highest BCUT2D eigenvalue weighted by molar-refractivity contribution is 9.10. The minimum Gasteiger partial charge on any atom is -0.326 e. The second-order valence-electron chi connectivity index (χ2n) is 4.48. The lowest BCUT2D eigenvalue weighted by Crippen LogP contribution is -2.27. The molecule has 21 heavy (non-hydrogen) atoms. The summed E-state index contributed by atoms with van der Waals surface area (Å²) in [5.41, 5.74) is 7.05. The molecule has 0 fully saturated rings. The summed E-state index contributed by atoms with van der Waals surface area (Å²) in [4.78, 5) is 4.39. The van der Waals surface area contributed by atoms with Crippen LogP contribution in [0.4, 0.5) is 0 Å². The number of hydrogen-bond acceptors (Lipinski definition) is 5. The quantitative estimate of drug-likeness (QED) is 0.792. The van der Waals surface area contributed by atoms with Crippen molar-refractivity contribution in [3.8, 4) is 0 Å². The zero-order chi connectivity index (χ0) is 15.5. The van der Waals surface area contributed by atoms with E-state index in [0.29, 0.717) is 25.1 Å². The number of benzene rings is 1. The fourth-order valence-corrected chi connectivity index (χ4v) is 4.46. The van der Waals surface area contributed by atoms with Gasteiger partial charge >= 0.3 is 0 Å². The number of rotatable bonds is 6. The molecule has 0 aliphatic rings. The number of sulfonamides is 1. The lowest BCUT2D eigenvalue weighted by molar-refractivity contribution is 0.580. The number of hydrogen-bond donors (Lipinski definition) is 2. The van der Waals surface area contributed by atoms with E-state index in [1.807, 2.05) is 11.4 Å². The molecule has 5 nitrogen and oxygen atoms in total. The third kappa shape index (κ3) is 4.10. The molecule has 0 atom stereocenters. The minimum absolute atomic E-state index is 0.261. The Balaban J connectivity index is 2.17. The molecule has 0 spiro atoms. The summed E-state index contributed by atoms with van der Waals surface area (Å²) < 4.78 is 28.2. The van der Waals surface area contributed by atoms with Gasteiger partial charge in [-0.1, -0.05) is 15.9 Å². The third-order valence-electron chi connectivity index (χ3n) is 3.00. The van der Waals surface area contributed by atoms with Gasteiger partial charge in [-0.05, 0) is 30.2 Å². The molecule has 1 aromatic carbocycles. The van der Waals surface area contributed by atoms with Crippen LogP contribution >= 0.6 is 27.3 Å². The minimum atomic E-state index is -3.56. The van der Waals surface area contributed by atoms with E-state index < -0.39 is 10.0 Å². The Morgan fingerprint density at radius 2 is 2.19 bits per heavy atom. The lowest BCUT2D eigenvalue weighted by atomic mass is 10.1. The van der Waals surface area contributed by atoms with E-state index in [-0.39, 0.29) is 4.90 Å². The molecular formula is C13H16BrN3O2S2. The van der Waals surface area contributed by atoms with Gasteiger partial charge in [0, 0.05) is 35.6 Å². The molecule has 1 heterocycles. The van der Waals surface area contributed by atoms with Crippen molar-refractivity contribution in [1.82, 2.24) is 9.71 Å². The molecular weight excluding hydrogens is 374 g/mol. The van der Waals surface area contributed by atoms with Crippen molar-refractivity contribution < 1.29 is 8.42 Å². The molecule has 1 aromatic heterocycles. The van der Waals surface area contributed by atoms with Gasteiger partial charge in [-0.2, -0.15) is 0 Å². The molecule has 0 radical (unpaired) electrons. The van der Waals surface area contributed by atoms with Crippen molar-refractivity contribution in [1.29, 1.82) is 0 Å². The first kappa shape index (κ1) is 16.6. The Bertz CT molecular complexity index is 715. The van der Waals surface area contributed by atoms with Crippen molar-refractivity contribution >= 4 is 37.3 Å². The molecule has 0 aliphatic heterocycles. The van der Waals surface area contributed by atoms with Crippen LogP contribution in [-0.2, 0) is 23.0 Å². The van der Waals surface area contributed by atoms with Crippen LogP contribution in [0, 0.1) is 6.92 Å². The molecule has 0 saturated carbocycles. The van der Waals surface area contributed by atoms with Gasteiger partial charge < -0.3 is 5.73 Å². The Morgan fingerprint density at radius 3 is 2.81 bits per heavy atom. The summed E-state index contributed by atoms with van der Waals surface area (Å²) in [6.07, 6.45) is 2.29. The SMILES string of the molecule is Cc1c(Br)cc(CN)cc1S(=O)(=O)NCCc1nccs1. The smallest absolute Gasteiger partial charge is 0.240 e. The van der Waals surface area contributed by atoms with Crippen molar-refractivity contribution in [3.63, 3.8) is 0 Å². The first-order valence-corrected chi connectivity index (χ1v) is 9.46. The van der Waals surface area contributed by atoms with Gasteiger partial charge in [-0.25, -0.2) is 18.1 Å². The number of nitrogens with one attached hydrogen (secondary N) is 1. The lowest BCUT2D eigenvalue weighted by Gasteiger charge is -2.12.